The van der Waals surface area contributed by atoms with Crippen molar-refractivity contribution in [2.45, 2.75) is 69.0 Å². The van der Waals surface area contributed by atoms with Crippen molar-refractivity contribution in [1.29, 1.82) is 0 Å². The summed E-state index contributed by atoms with van der Waals surface area (Å²) >= 11 is 7.92. The van der Waals surface area contributed by atoms with Crippen LogP contribution in [0.5, 0.6) is 6.01 Å². The average molecular weight is 805 g/mol. The van der Waals surface area contributed by atoms with E-state index in [1.807, 2.05) is 0 Å². The standard InChI is InChI=1S/C37H35ClF6N8O2S/c1-17-9-26(45)47-32(29(17)37(42,43)44)28-22(38)10-19-31(30(28)41)48-35(54-16-36-5-2-7-51(36)13-18(39)12-36)49-33(19)52-24-3-4-25(52)21-15-50(14-20(21)24)34(53)23(40)11-27-46-6-8-55-27/h6,8-11,18,20-21,24-25H,2-5,7,12-16H2,1H3,(H2,45,47)/b23-11-/t18-,20-,21+,24-,25+,36-/m1/s1. The van der Waals surface area contributed by atoms with Crippen LogP contribution in [0.1, 0.15) is 48.2 Å². The van der Waals surface area contributed by atoms with Crippen LogP contribution in [0.15, 0.2) is 29.5 Å². The van der Waals surface area contributed by atoms with E-state index in [4.69, 9.17) is 27.1 Å². The van der Waals surface area contributed by atoms with Crippen molar-refractivity contribution in [3.63, 3.8) is 0 Å². The Morgan fingerprint density at radius 1 is 1.15 bits per heavy atom. The lowest BCUT2D eigenvalue weighted by molar-refractivity contribution is -0.137. The van der Waals surface area contributed by atoms with Gasteiger partial charge in [0.2, 0.25) is 0 Å². The Morgan fingerprint density at radius 3 is 2.58 bits per heavy atom. The van der Waals surface area contributed by atoms with Gasteiger partial charge >= 0.3 is 12.2 Å². The van der Waals surface area contributed by atoms with Gasteiger partial charge in [-0.05, 0) is 56.8 Å². The molecule has 0 spiro atoms. The van der Waals surface area contributed by atoms with E-state index >= 15 is 8.78 Å². The maximum Gasteiger partial charge on any atom is 0.418 e. The van der Waals surface area contributed by atoms with Gasteiger partial charge in [0.05, 0.1) is 27.4 Å². The zero-order valence-corrected chi connectivity index (χ0v) is 31.0. The lowest BCUT2D eigenvalue weighted by Crippen LogP contribution is -2.43. The largest absolute Gasteiger partial charge is 0.461 e. The fourth-order valence-corrected chi connectivity index (χ4v) is 10.8. The van der Waals surface area contributed by atoms with Crippen molar-refractivity contribution >= 4 is 57.5 Å². The van der Waals surface area contributed by atoms with Crippen LogP contribution < -0.4 is 15.4 Å². The van der Waals surface area contributed by atoms with Crippen LogP contribution in [0.3, 0.4) is 0 Å². The number of nitrogen functional groups attached to an aromatic ring is 1. The van der Waals surface area contributed by atoms with Gasteiger partial charge in [-0.1, -0.05) is 11.6 Å². The molecule has 1 amide bonds. The minimum atomic E-state index is -4.92. The maximum absolute atomic E-state index is 17.0. The van der Waals surface area contributed by atoms with Crippen molar-refractivity contribution in [3.05, 3.63) is 56.5 Å². The van der Waals surface area contributed by atoms with E-state index < -0.39 is 52.3 Å². The van der Waals surface area contributed by atoms with Gasteiger partial charge in [0.15, 0.2) is 11.6 Å². The molecule has 5 aliphatic heterocycles. The molecule has 0 unspecified atom stereocenters. The molecule has 0 radical (unpaired) electrons. The highest BCUT2D eigenvalue weighted by atomic mass is 35.5. The highest BCUT2D eigenvalue weighted by Crippen LogP contribution is 2.53. The number of rotatable bonds is 7. The van der Waals surface area contributed by atoms with Crippen molar-refractivity contribution in [3.8, 4) is 17.3 Å². The number of thiazole rings is 1. The summed E-state index contributed by atoms with van der Waals surface area (Å²) in [5.41, 5.74) is 2.14. The Bertz CT molecular complexity index is 2220. The smallest absolute Gasteiger partial charge is 0.418 e. The molecule has 10 nitrogen and oxygen atoms in total. The number of anilines is 2. The lowest BCUT2D eigenvalue weighted by Gasteiger charge is -2.31. The molecule has 5 saturated heterocycles. The number of hydrogen-bond acceptors (Lipinski definition) is 10. The molecule has 6 atom stereocenters. The van der Waals surface area contributed by atoms with Gasteiger partial charge in [-0.15, -0.1) is 11.3 Å². The fourth-order valence-electron chi connectivity index (χ4n) is 10.0. The molecule has 1 aromatic carbocycles. The number of ether oxygens (including phenoxy) is 1. The Kier molecular flexibility index (Phi) is 8.73. The molecule has 5 fully saturated rings. The van der Waals surface area contributed by atoms with Crippen LogP contribution in [0.25, 0.3) is 28.2 Å². The van der Waals surface area contributed by atoms with E-state index in [1.54, 1.807) is 5.38 Å². The molecule has 4 aromatic rings. The zero-order valence-electron chi connectivity index (χ0n) is 29.4. The number of pyridine rings is 1. The van der Waals surface area contributed by atoms with Crippen LogP contribution in [0.4, 0.5) is 38.0 Å². The minimum Gasteiger partial charge on any atom is -0.461 e. The number of likely N-dealkylation sites (tertiary alicyclic amines) is 1. The molecule has 3 aromatic heterocycles. The summed E-state index contributed by atoms with van der Waals surface area (Å²) in [5.74, 6) is -2.87. The summed E-state index contributed by atoms with van der Waals surface area (Å²) in [6, 6.07) is 1.81. The minimum absolute atomic E-state index is 0.0316. The van der Waals surface area contributed by atoms with Crippen molar-refractivity contribution < 1.29 is 35.9 Å². The molecule has 8 heterocycles. The first-order valence-corrected chi connectivity index (χ1v) is 19.4. The van der Waals surface area contributed by atoms with Gasteiger partial charge in [0, 0.05) is 73.0 Å². The van der Waals surface area contributed by atoms with Crippen LogP contribution in [0.2, 0.25) is 5.02 Å². The Labute approximate surface area is 320 Å². The first kappa shape index (κ1) is 36.4. The highest BCUT2D eigenvalue weighted by Gasteiger charge is 2.58. The molecule has 290 valence electrons. The molecule has 2 N–H and O–H groups in total. The van der Waals surface area contributed by atoms with E-state index in [2.05, 4.69) is 24.8 Å². The van der Waals surface area contributed by atoms with E-state index in [1.165, 1.54) is 35.4 Å². The normalized spacial score (nSPS) is 27.8. The number of amides is 1. The van der Waals surface area contributed by atoms with Gasteiger partial charge < -0.3 is 20.3 Å². The second-order valence-corrected chi connectivity index (χ2v) is 16.6. The molecule has 0 aliphatic carbocycles. The van der Waals surface area contributed by atoms with Gasteiger partial charge in [0.25, 0.3) is 5.91 Å². The number of fused-ring (bicyclic) bond motifs is 7. The summed E-state index contributed by atoms with van der Waals surface area (Å²) in [5, 5.41) is 1.88. The number of alkyl halides is 4. The second kappa shape index (κ2) is 13.2. The lowest BCUT2D eigenvalue weighted by atomic mass is 9.82. The second-order valence-electron chi connectivity index (χ2n) is 15.2. The third-order valence-electron chi connectivity index (χ3n) is 12.1. The van der Waals surface area contributed by atoms with E-state index in [9.17, 15) is 22.4 Å². The third kappa shape index (κ3) is 5.99. The van der Waals surface area contributed by atoms with E-state index in [0.29, 0.717) is 30.8 Å². The first-order chi connectivity index (χ1) is 26.2. The Morgan fingerprint density at radius 2 is 1.89 bits per heavy atom. The number of nitrogens with zero attached hydrogens (tertiary/aromatic N) is 7. The molecule has 18 heteroatoms. The number of nitrogens with two attached hydrogens (primary N) is 1. The van der Waals surface area contributed by atoms with Crippen LogP contribution in [0, 0.1) is 24.6 Å². The van der Waals surface area contributed by atoms with Crippen LogP contribution in [-0.4, -0.2) is 92.2 Å². The zero-order chi connectivity index (χ0) is 38.6. The van der Waals surface area contributed by atoms with Crippen molar-refractivity contribution in [1.82, 2.24) is 29.7 Å². The third-order valence-corrected chi connectivity index (χ3v) is 13.2. The predicted octanol–water partition coefficient (Wildman–Crippen LogP) is 7.24. The van der Waals surface area contributed by atoms with Crippen LogP contribution in [-0.2, 0) is 11.0 Å². The molecule has 0 saturated carbocycles. The predicted molar refractivity (Wildman–Crippen MR) is 194 cm³/mol. The quantitative estimate of drug-likeness (QED) is 0.153. The molecular formula is C37H35ClF6N8O2S. The molecular weight excluding hydrogens is 770 g/mol. The van der Waals surface area contributed by atoms with Gasteiger partial charge in [-0.25, -0.2) is 23.1 Å². The number of aryl methyl sites for hydroxylation is 1. The number of benzene rings is 1. The summed E-state index contributed by atoms with van der Waals surface area (Å²) in [6.45, 7) is 2.80. The average Bonchev–Trinajstić information content (AvgIpc) is 3.96. The number of carbonyl (C=O) groups is 1. The summed E-state index contributed by atoms with van der Waals surface area (Å²) in [4.78, 5) is 36.0. The topological polar surface area (TPSA) is 114 Å². The van der Waals surface area contributed by atoms with Gasteiger partial charge in [-0.2, -0.15) is 23.1 Å². The SMILES string of the molecule is Cc1cc(N)nc(-c2c(Cl)cc3c(N4[C@@H]5CC[C@H]4[C@H]4CN(C(=O)/C(F)=C/c6nccs6)C[C@H]45)nc(OC[C@]45CCCN4C[C@H](F)C5)nc3c2F)c1C(F)(F)F. The van der Waals surface area contributed by atoms with E-state index in [-0.39, 0.29) is 95.7 Å². The van der Waals surface area contributed by atoms with Crippen molar-refractivity contribution in [2.24, 2.45) is 11.8 Å². The van der Waals surface area contributed by atoms with Gasteiger partial charge in [-0.3, -0.25) is 9.69 Å². The van der Waals surface area contributed by atoms with Crippen molar-refractivity contribution in [2.75, 3.05) is 43.4 Å². The molecule has 5 aliphatic rings. The fraction of sp³-hybridized carbons (Fsp3) is 0.486. The summed E-state index contributed by atoms with van der Waals surface area (Å²) < 4.78 is 96.3. The first-order valence-electron chi connectivity index (χ1n) is 18.1. The maximum atomic E-state index is 17.0. The monoisotopic (exact) mass is 804 g/mol. The number of halogens is 7. The summed E-state index contributed by atoms with van der Waals surface area (Å²) in [6.07, 6.45) is -0.0663. The number of aromatic nitrogens is 4. The summed E-state index contributed by atoms with van der Waals surface area (Å²) in [7, 11) is 0. The number of carbonyl (C=O) groups excluding carboxylic acids is 1. The molecule has 9 rings (SSSR count). The van der Waals surface area contributed by atoms with Crippen LogP contribution >= 0.6 is 22.9 Å². The molecule has 55 heavy (non-hydrogen) atoms. The number of hydrogen-bond donors (Lipinski definition) is 1. The Balaban J connectivity index is 1.12. The molecule has 2 bridgehead atoms. The Hall–Kier alpha value is -4.22. The van der Waals surface area contributed by atoms with Gasteiger partial charge in [0.1, 0.15) is 34.9 Å². The highest BCUT2D eigenvalue weighted by molar-refractivity contribution is 7.10. The van der Waals surface area contributed by atoms with E-state index in [0.717, 1.165) is 18.6 Å².